The van der Waals surface area contributed by atoms with E-state index >= 15 is 0 Å². The highest BCUT2D eigenvalue weighted by Crippen LogP contribution is 2.12. The van der Waals surface area contributed by atoms with Crippen LogP contribution in [0.1, 0.15) is 19.8 Å². The smallest absolute Gasteiger partial charge is 0.0251 e. The van der Waals surface area contributed by atoms with Gasteiger partial charge in [-0.3, -0.25) is 0 Å². The molecule has 0 nitrogen and oxygen atoms in total. The zero-order chi connectivity index (χ0) is 7.11. The molecule has 1 atom stereocenters. The minimum atomic E-state index is 0.749. The molecule has 0 aromatic carbocycles. The lowest BCUT2D eigenvalue weighted by Gasteiger charge is -2.08. The van der Waals surface area contributed by atoms with Crippen LogP contribution in [-0.2, 0) is 0 Å². The molecule has 0 saturated heterocycles. The summed E-state index contributed by atoms with van der Waals surface area (Å²) in [4.78, 5) is 0. The summed E-state index contributed by atoms with van der Waals surface area (Å²) in [6, 6.07) is 0. The van der Waals surface area contributed by atoms with E-state index in [-0.39, 0.29) is 0 Å². The van der Waals surface area contributed by atoms with Crippen LogP contribution in [0.5, 0.6) is 0 Å². The maximum absolute atomic E-state index is 5.69. The normalized spacial score (nSPS) is 13.7. The summed E-state index contributed by atoms with van der Waals surface area (Å²) in [5, 5.41) is 0. The first kappa shape index (κ1) is 9.64. The molecule has 0 bridgehead atoms. The molecule has 0 aromatic rings. The Bertz CT molecular complexity index is 52.9. The van der Waals surface area contributed by atoms with Crippen LogP contribution < -0.4 is 0 Å². The van der Waals surface area contributed by atoms with Gasteiger partial charge >= 0.3 is 0 Å². The van der Waals surface area contributed by atoms with Crippen molar-refractivity contribution in [3.8, 4) is 0 Å². The number of hydrogen-bond donors (Lipinski definition) is 0. The maximum atomic E-state index is 5.69. The summed E-state index contributed by atoms with van der Waals surface area (Å²) in [6.45, 7) is 2.20. The Labute approximate surface area is 67.4 Å². The SMILES string of the molecule is CCC(CCl)CCSC. The molecule has 0 heterocycles. The minimum absolute atomic E-state index is 0.749. The Balaban J connectivity index is 3.09. The molecule has 0 aliphatic heterocycles. The van der Waals surface area contributed by atoms with Crippen molar-refractivity contribution in [3.05, 3.63) is 0 Å². The highest BCUT2D eigenvalue weighted by molar-refractivity contribution is 7.98. The molecule has 0 aromatic heterocycles. The predicted molar refractivity (Wildman–Crippen MR) is 47.5 cm³/mol. The second-order valence-corrected chi connectivity index (χ2v) is 3.50. The second kappa shape index (κ2) is 6.76. The van der Waals surface area contributed by atoms with Crippen molar-refractivity contribution >= 4 is 23.4 Å². The summed E-state index contributed by atoms with van der Waals surface area (Å²) < 4.78 is 0. The zero-order valence-corrected chi connectivity index (χ0v) is 7.76. The fourth-order valence-corrected chi connectivity index (χ4v) is 1.62. The topological polar surface area (TPSA) is 0 Å². The third kappa shape index (κ3) is 5.10. The van der Waals surface area contributed by atoms with Gasteiger partial charge in [-0.15, -0.1) is 11.6 Å². The van der Waals surface area contributed by atoms with Gasteiger partial charge in [0.1, 0.15) is 0 Å². The van der Waals surface area contributed by atoms with E-state index in [4.69, 9.17) is 11.6 Å². The largest absolute Gasteiger partial charge is 0.165 e. The van der Waals surface area contributed by atoms with E-state index in [1.807, 2.05) is 11.8 Å². The third-order valence-corrected chi connectivity index (χ3v) is 2.61. The minimum Gasteiger partial charge on any atom is -0.165 e. The van der Waals surface area contributed by atoms with Gasteiger partial charge in [-0.2, -0.15) is 11.8 Å². The standard InChI is InChI=1S/C7H15ClS/c1-3-7(6-8)4-5-9-2/h7H,3-6H2,1-2H3. The van der Waals surface area contributed by atoms with E-state index in [9.17, 15) is 0 Å². The fraction of sp³-hybridized carbons (Fsp3) is 1.00. The molecule has 0 saturated carbocycles. The Hall–Kier alpha value is 0.640. The highest BCUT2D eigenvalue weighted by Gasteiger charge is 2.01. The Morgan fingerprint density at radius 2 is 2.22 bits per heavy atom. The van der Waals surface area contributed by atoms with Crippen LogP contribution in [0, 0.1) is 5.92 Å². The first-order valence-electron chi connectivity index (χ1n) is 3.40. The van der Waals surface area contributed by atoms with Crippen molar-refractivity contribution in [2.75, 3.05) is 17.9 Å². The summed E-state index contributed by atoms with van der Waals surface area (Å²) in [6.07, 6.45) is 4.65. The molecular weight excluding hydrogens is 152 g/mol. The van der Waals surface area contributed by atoms with Gasteiger partial charge in [0.05, 0.1) is 0 Å². The molecule has 0 aliphatic rings. The van der Waals surface area contributed by atoms with E-state index in [0.29, 0.717) is 0 Å². The monoisotopic (exact) mass is 166 g/mol. The zero-order valence-electron chi connectivity index (χ0n) is 6.19. The van der Waals surface area contributed by atoms with Crippen LogP contribution in [0.2, 0.25) is 0 Å². The number of alkyl halides is 1. The molecule has 0 spiro atoms. The van der Waals surface area contributed by atoms with Gasteiger partial charge in [0.2, 0.25) is 0 Å². The molecule has 2 heteroatoms. The quantitative estimate of drug-likeness (QED) is 0.566. The summed E-state index contributed by atoms with van der Waals surface area (Å²) >= 11 is 7.60. The Morgan fingerprint density at radius 3 is 2.56 bits per heavy atom. The van der Waals surface area contributed by atoms with E-state index in [1.165, 1.54) is 18.6 Å². The van der Waals surface area contributed by atoms with Crippen molar-refractivity contribution in [2.24, 2.45) is 5.92 Å². The lowest BCUT2D eigenvalue weighted by atomic mass is 10.1. The molecule has 0 fully saturated rings. The average Bonchev–Trinajstić information content (AvgIpc) is 1.91. The van der Waals surface area contributed by atoms with Crippen LogP contribution in [0.25, 0.3) is 0 Å². The Morgan fingerprint density at radius 1 is 1.56 bits per heavy atom. The summed E-state index contributed by atoms with van der Waals surface area (Å²) in [5.41, 5.74) is 0. The van der Waals surface area contributed by atoms with Crippen molar-refractivity contribution in [3.63, 3.8) is 0 Å². The van der Waals surface area contributed by atoms with Crippen molar-refractivity contribution in [1.29, 1.82) is 0 Å². The highest BCUT2D eigenvalue weighted by atomic mass is 35.5. The molecule has 0 N–H and O–H groups in total. The molecule has 9 heavy (non-hydrogen) atoms. The van der Waals surface area contributed by atoms with Crippen LogP contribution in [0.4, 0.5) is 0 Å². The van der Waals surface area contributed by atoms with E-state index in [0.717, 1.165) is 11.8 Å². The lowest BCUT2D eigenvalue weighted by molar-refractivity contribution is 0.555. The second-order valence-electron chi connectivity index (χ2n) is 2.21. The molecule has 1 unspecified atom stereocenters. The molecule has 0 rings (SSSR count). The van der Waals surface area contributed by atoms with Gasteiger partial charge in [0.25, 0.3) is 0 Å². The van der Waals surface area contributed by atoms with Gasteiger partial charge in [-0.1, -0.05) is 13.3 Å². The molecular formula is C7H15ClS. The number of thioether (sulfide) groups is 1. The molecule has 56 valence electrons. The molecule has 0 amide bonds. The van der Waals surface area contributed by atoms with Gasteiger partial charge < -0.3 is 0 Å². The van der Waals surface area contributed by atoms with E-state index in [2.05, 4.69) is 13.2 Å². The van der Waals surface area contributed by atoms with Gasteiger partial charge in [0.15, 0.2) is 0 Å². The lowest BCUT2D eigenvalue weighted by Crippen LogP contribution is -2.01. The first-order chi connectivity index (χ1) is 4.35. The Kier molecular flexibility index (Phi) is 7.24. The average molecular weight is 167 g/mol. The van der Waals surface area contributed by atoms with Crippen LogP contribution >= 0.6 is 23.4 Å². The van der Waals surface area contributed by atoms with E-state index < -0.39 is 0 Å². The number of hydrogen-bond acceptors (Lipinski definition) is 1. The van der Waals surface area contributed by atoms with Crippen molar-refractivity contribution in [1.82, 2.24) is 0 Å². The third-order valence-electron chi connectivity index (χ3n) is 1.53. The maximum Gasteiger partial charge on any atom is 0.0251 e. The fourth-order valence-electron chi connectivity index (χ4n) is 0.675. The van der Waals surface area contributed by atoms with Crippen molar-refractivity contribution in [2.45, 2.75) is 19.8 Å². The van der Waals surface area contributed by atoms with Crippen LogP contribution in [0.3, 0.4) is 0 Å². The van der Waals surface area contributed by atoms with Crippen LogP contribution in [-0.4, -0.2) is 17.9 Å². The van der Waals surface area contributed by atoms with Crippen LogP contribution in [0.15, 0.2) is 0 Å². The number of halogens is 1. The predicted octanol–water partition coefficient (Wildman–Crippen LogP) is 3.00. The number of rotatable bonds is 5. The van der Waals surface area contributed by atoms with Crippen molar-refractivity contribution < 1.29 is 0 Å². The molecule has 0 radical (unpaired) electrons. The van der Waals surface area contributed by atoms with Gasteiger partial charge in [-0.25, -0.2) is 0 Å². The van der Waals surface area contributed by atoms with E-state index in [1.54, 1.807) is 0 Å². The first-order valence-corrected chi connectivity index (χ1v) is 5.32. The van der Waals surface area contributed by atoms with Gasteiger partial charge in [0, 0.05) is 5.88 Å². The summed E-state index contributed by atoms with van der Waals surface area (Å²) in [7, 11) is 0. The van der Waals surface area contributed by atoms with Gasteiger partial charge in [-0.05, 0) is 24.3 Å². The molecule has 0 aliphatic carbocycles. The summed E-state index contributed by atoms with van der Waals surface area (Å²) in [5.74, 6) is 2.83.